The van der Waals surface area contributed by atoms with Gasteiger partial charge in [-0.1, -0.05) is 311 Å². The van der Waals surface area contributed by atoms with Crippen LogP contribution >= 0.6 is 15.6 Å². The summed E-state index contributed by atoms with van der Waals surface area (Å²) >= 11 is 0. The number of aliphatic hydroxyl groups is 1. The lowest BCUT2D eigenvalue weighted by atomic mass is 10.0. The lowest BCUT2D eigenvalue weighted by Gasteiger charge is -2.21. The van der Waals surface area contributed by atoms with Crippen molar-refractivity contribution in [2.24, 2.45) is 5.92 Å². The van der Waals surface area contributed by atoms with Gasteiger partial charge in [-0.3, -0.25) is 37.3 Å². The number of carbonyl (C=O) groups is 4. The highest BCUT2D eigenvalue weighted by Crippen LogP contribution is 2.45. The van der Waals surface area contributed by atoms with Gasteiger partial charge in [0.05, 0.1) is 26.4 Å². The van der Waals surface area contributed by atoms with Crippen molar-refractivity contribution in [3.63, 3.8) is 0 Å². The molecule has 89 heavy (non-hydrogen) atoms. The summed E-state index contributed by atoms with van der Waals surface area (Å²) in [7, 11) is -9.90. The number of esters is 4. The Balaban J connectivity index is 5.24. The van der Waals surface area contributed by atoms with E-state index in [-0.39, 0.29) is 25.7 Å². The average Bonchev–Trinajstić information content (AvgIpc) is 3.71. The molecule has 17 nitrogen and oxygen atoms in total. The third-order valence-corrected chi connectivity index (χ3v) is 18.2. The summed E-state index contributed by atoms with van der Waals surface area (Å²) in [4.78, 5) is 72.5. The minimum atomic E-state index is -4.95. The summed E-state index contributed by atoms with van der Waals surface area (Å²) in [6.07, 6.45) is 49.8. The summed E-state index contributed by atoms with van der Waals surface area (Å²) < 4.78 is 68.3. The van der Waals surface area contributed by atoms with E-state index in [0.717, 1.165) is 95.8 Å². The molecule has 0 bridgehead atoms. The predicted octanol–water partition coefficient (Wildman–Crippen LogP) is 20.1. The van der Waals surface area contributed by atoms with Crippen molar-refractivity contribution >= 4 is 39.5 Å². The molecule has 0 rings (SSSR count). The largest absolute Gasteiger partial charge is 0.472 e. The van der Waals surface area contributed by atoms with Crippen LogP contribution in [0.2, 0.25) is 0 Å². The summed E-state index contributed by atoms with van der Waals surface area (Å²) in [5.41, 5.74) is 0. The van der Waals surface area contributed by atoms with Crippen LogP contribution in [0.1, 0.15) is 362 Å². The van der Waals surface area contributed by atoms with Crippen LogP contribution in [0, 0.1) is 5.92 Å². The Bertz CT molecular complexity index is 1720. The van der Waals surface area contributed by atoms with Gasteiger partial charge in [-0.2, -0.15) is 0 Å². The molecular formula is C70H136O17P2. The Morgan fingerprint density at radius 3 is 0.764 bits per heavy atom. The van der Waals surface area contributed by atoms with Crippen molar-refractivity contribution in [2.45, 2.75) is 380 Å². The van der Waals surface area contributed by atoms with Gasteiger partial charge in [0.15, 0.2) is 12.2 Å². The summed E-state index contributed by atoms with van der Waals surface area (Å²) in [6, 6.07) is 0. The van der Waals surface area contributed by atoms with Gasteiger partial charge in [-0.25, -0.2) is 9.13 Å². The normalized spacial score (nSPS) is 14.1. The first-order valence-electron chi connectivity index (χ1n) is 36.6. The predicted molar refractivity (Wildman–Crippen MR) is 358 cm³/mol. The number of ether oxygens (including phenoxy) is 4. The van der Waals surface area contributed by atoms with E-state index < -0.39 is 97.5 Å². The summed E-state index contributed by atoms with van der Waals surface area (Å²) in [5, 5.41) is 10.6. The molecule has 0 aliphatic carbocycles. The fraction of sp³-hybridized carbons (Fsp3) is 0.943. The van der Waals surface area contributed by atoms with E-state index in [1.54, 1.807) is 0 Å². The highest BCUT2D eigenvalue weighted by Gasteiger charge is 2.30. The summed E-state index contributed by atoms with van der Waals surface area (Å²) in [5.74, 6) is -1.38. The van der Waals surface area contributed by atoms with Crippen molar-refractivity contribution in [3.8, 4) is 0 Å². The zero-order chi connectivity index (χ0) is 65.6. The van der Waals surface area contributed by atoms with E-state index >= 15 is 0 Å². The van der Waals surface area contributed by atoms with E-state index in [4.69, 9.17) is 37.0 Å². The first-order chi connectivity index (χ1) is 43.0. The maximum Gasteiger partial charge on any atom is 0.472 e. The van der Waals surface area contributed by atoms with Gasteiger partial charge in [0.25, 0.3) is 0 Å². The molecule has 0 saturated heterocycles. The third kappa shape index (κ3) is 64.6. The van der Waals surface area contributed by atoms with Crippen LogP contribution in [-0.4, -0.2) is 96.7 Å². The molecule has 0 aliphatic heterocycles. The second kappa shape index (κ2) is 63.5. The number of aliphatic hydroxyl groups excluding tert-OH is 1. The molecule has 0 heterocycles. The zero-order valence-corrected chi connectivity index (χ0v) is 59.4. The van der Waals surface area contributed by atoms with Crippen LogP contribution in [0.15, 0.2) is 0 Å². The van der Waals surface area contributed by atoms with Gasteiger partial charge in [0, 0.05) is 25.7 Å². The van der Waals surface area contributed by atoms with Crippen molar-refractivity contribution in [1.29, 1.82) is 0 Å². The van der Waals surface area contributed by atoms with Crippen LogP contribution in [0.25, 0.3) is 0 Å². The van der Waals surface area contributed by atoms with E-state index in [1.807, 2.05) is 0 Å². The first kappa shape index (κ1) is 87.1. The molecule has 0 aromatic rings. The van der Waals surface area contributed by atoms with Crippen molar-refractivity contribution in [2.75, 3.05) is 39.6 Å². The molecule has 0 aromatic carbocycles. The highest BCUT2D eigenvalue weighted by atomic mass is 31.2. The molecular weight excluding hydrogens is 1170 g/mol. The van der Waals surface area contributed by atoms with Crippen LogP contribution in [-0.2, 0) is 65.4 Å². The van der Waals surface area contributed by atoms with Gasteiger partial charge in [0.1, 0.15) is 19.3 Å². The minimum absolute atomic E-state index is 0.108. The molecule has 5 atom stereocenters. The minimum Gasteiger partial charge on any atom is -0.462 e. The molecule has 0 aliphatic rings. The number of phosphoric acid groups is 2. The van der Waals surface area contributed by atoms with Gasteiger partial charge in [-0.15, -0.1) is 0 Å². The Kier molecular flexibility index (Phi) is 62.1. The molecule has 0 amide bonds. The lowest BCUT2D eigenvalue weighted by molar-refractivity contribution is -0.161. The topological polar surface area (TPSA) is 237 Å². The lowest BCUT2D eigenvalue weighted by Crippen LogP contribution is -2.30. The zero-order valence-electron chi connectivity index (χ0n) is 57.6. The van der Waals surface area contributed by atoms with E-state index in [9.17, 15) is 43.2 Å². The second-order valence-corrected chi connectivity index (χ2v) is 28.7. The van der Waals surface area contributed by atoms with Gasteiger partial charge in [0.2, 0.25) is 0 Å². The Labute approximate surface area is 543 Å². The number of phosphoric ester groups is 2. The van der Waals surface area contributed by atoms with E-state index in [0.29, 0.717) is 25.7 Å². The Morgan fingerprint density at radius 2 is 0.517 bits per heavy atom. The van der Waals surface area contributed by atoms with E-state index in [2.05, 4.69) is 34.6 Å². The molecule has 0 saturated carbocycles. The standard InChI is InChI=1S/C70H136O17P2/c1-6-9-12-15-18-21-24-26-27-28-30-35-41-46-51-56-70(75)87-66(60-81-68(73)54-49-44-39-36-31-32-37-42-47-52-63(4)5)62-85-89(78,79)83-58-64(71)57-82-88(76,77)84-61-65(59-80-67(72)53-48-43-38-33-23-20-17-14-11-8-3)86-69(74)55-50-45-40-34-29-25-22-19-16-13-10-7-2/h63-66,71H,6-62H2,1-5H3,(H,76,77)(H,78,79)/t64-,65+,66+/m0/s1. The van der Waals surface area contributed by atoms with Crippen molar-refractivity contribution in [3.05, 3.63) is 0 Å². The smallest absolute Gasteiger partial charge is 0.462 e. The number of rotatable bonds is 70. The number of unbranched alkanes of at least 4 members (excludes halogenated alkanes) is 42. The van der Waals surface area contributed by atoms with E-state index in [1.165, 1.54) is 186 Å². The van der Waals surface area contributed by atoms with Crippen molar-refractivity contribution in [1.82, 2.24) is 0 Å². The quantitative estimate of drug-likeness (QED) is 0.0222. The van der Waals surface area contributed by atoms with Crippen LogP contribution in [0.5, 0.6) is 0 Å². The van der Waals surface area contributed by atoms with Crippen LogP contribution in [0.4, 0.5) is 0 Å². The molecule has 19 heteroatoms. The van der Waals surface area contributed by atoms with Gasteiger partial charge in [-0.05, 0) is 31.6 Å². The van der Waals surface area contributed by atoms with Crippen LogP contribution in [0.3, 0.4) is 0 Å². The second-order valence-electron chi connectivity index (χ2n) is 25.7. The fourth-order valence-electron chi connectivity index (χ4n) is 10.6. The molecule has 0 aromatic heterocycles. The molecule has 0 spiro atoms. The fourth-order valence-corrected chi connectivity index (χ4v) is 12.2. The SMILES string of the molecule is CCCCCCCCCCCCCCCCCC(=O)O[C@H](COC(=O)CCCCCCCCCCCC(C)C)COP(=O)(O)OC[C@@H](O)COP(=O)(O)OC[C@@H](COC(=O)CCCCCCCCCCCC)OC(=O)CCCCCCCCCCCCCC. The number of carbonyl (C=O) groups excluding carboxylic acids is 4. The van der Waals surface area contributed by atoms with Crippen LogP contribution < -0.4 is 0 Å². The molecule has 2 unspecified atom stereocenters. The molecule has 0 fully saturated rings. The maximum absolute atomic E-state index is 13.0. The Morgan fingerprint density at radius 1 is 0.303 bits per heavy atom. The molecule has 528 valence electrons. The average molecular weight is 1310 g/mol. The monoisotopic (exact) mass is 1310 g/mol. The molecule has 3 N–H and O–H groups in total. The third-order valence-electron chi connectivity index (χ3n) is 16.3. The van der Waals surface area contributed by atoms with Gasteiger partial charge < -0.3 is 33.8 Å². The number of hydrogen-bond acceptors (Lipinski definition) is 15. The highest BCUT2D eigenvalue weighted by molar-refractivity contribution is 7.47. The van der Waals surface area contributed by atoms with Gasteiger partial charge >= 0.3 is 39.5 Å². The number of hydrogen-bond donors (Lipinski definition) is 3. The summed E-state index contributed by atoms with van der Waals surface area (Å²) in [6.45, 7) is 7.23. The first-order valence-corrected chi connectivity index (χ1v) is 39.6. The maximum atomic E-state index is 13.0. The Hall–Kier alpha value is -1.94. The van der Waals surface area contributed by atoms with Crippen molar-refractivity contribution < 1.29 is 80.2 Å². The molecule has 0 radical (unpaired) electrons.